The third-order valence-electron chi connectivity index (χ3n) is 7.09. The van der Waals surface area contributed by atoms with Crippen LogP contribution in [0.4, 0.5) is 5.95 Å². The highest BCUT2D eigenvalue weighted by Crippen LogP contribution is 2.55. The lowest BCUT2D eigenvalue weighted by Gasteiger charge is -2.46. The van der Waals surface area contributed by atoms with Crippen molar-refractivity contribution in [3.8, 4) is 10.6 Å². The summed E-state index contributed by atoms with van der Waals surface area (Å²) in [5.41, 5.74) is 2.73. The number of carbonyl (C=O) groups is 2. The summed E-state index contributed by atoms with van der Waals surface area (Å²) in [7, 11) is 0. The number of amides is 2. The van der Waals surface area contributed by atoms with Crippen molar-refractivity contribution in [2.45, 2.75) is 25.3 Å². The van der Waals surface area contributed by atoms with E-state index in [-0.39, 0.29) is 23.3 Å². The molecule has 2 amide bonds. The average molecular weight is 485 g/mol. The zero-order valence-electron chi connectivity index (χ0n) is 19.1. The van der Waals surface area contributed by atoms with Gasteiger partial charge in [-0.25, -0.2) is 4.98 Å². The largest absolute Gasteiger partial charge is 0.339 e. The fraction of sp³-hybridized carbons (Fsp3) is 0.269. The molecule has 4 aromatic rings. The van der Waals surface area contributed by atoms with E-state index >= 15 is 0 Å². The number of rotatable bonds is 5. The molecule has 1 aliphatic carbocycles. The van der Waals surface area contributed by atoms with Crippen molar-refractivity contribution in [3.63, 3.8) is 0 Å². The fourth-order valence-electron chi connectivity index (χ4n) is 5.40. The standard InChI is InChI=1S/C26H24N6O2S/c1-2-23(33)31-12-9-26(16-31)13-17(14-26)32-20-6-4-3-5-18(20)29-25(32)30-24(34)22-8-7-21(35-22)19-15-27-10-11-28-19/h2-8,10-11,15,17H,1,9,12-14,16H2,(H,29,30,34)/t17-,26-. The van der Waals surface area contributed by atoms with Crippen molar-refractivity contribution in [3.05, 3.63) is 72.5 Å². The summed E-state index contributed by atoms with van der Waals surface area (Å²) in [5.74, 6) is 0.366. The summed E-state index contributed by atoms with van der Waals surface area (Å²) < 4.78 is 2.16. The number of fused-ring (bicyclic) bond motifs is 1. The fourth-order valence-corrected chi connectivity index (χ4v) is 6.26. The Labute approximate surface area is 206 Å². The quantitative estimate of drug-likeness (QED) is 0.420. The van der Waals surface area contributed by atoms with Crippen molar-refractivity contribution >= 4 is 40.1 Å². The van der Waals surface area contributed by atoms with E-state index in [1.807, 2.05) is 35.2 Å². The molecule has 4 heterocycles. The Hall–Kier alpha value is -3.85. The third kappa shape index (κ3) is 3.81. The van der Waals surface area contributed by atoms with Gasteiger partial charge < -0.3 is 9.47 Å². The number of thiophene rings is 1. The molecule has 1 aromatic carbocycles. The normalized spacial score (nSPS) is 21.3. The molecule has 176 valence electrons. The molecule has 1 aliphatic heterocycles. The van der Waals surface area contributed by atoms with Gasteiger partial charge in [-0.3, -0.25) is 24.9 Å². The summed E-state index contributed by atoms with van der Waals surface area (Å²) in [6.07, 6.45) is 9.25. The number of anilines is 1. The van der Waals surface area contributed by atoms with E-state index in [0.29, 0.717) is 10.8 Å². The third-order valence-corrected chi connectivity index (χ3v) is 8.20. The van der Waals surface area contributed by atoms with Crippen LogP contribution in [0.1, 0.15) is 35.0 Å². The van der Waals surface area contributed by atoms with Crippen LogP contribution >= 0.6 is 11.3 Å². The van der Waals surface area contributed by atoms with E-state index in [0.717, 1.165) is 54.0 Å². The van der Waals surface area contributed by atoms with Crippen molar-refractivity contribution < 1.29 is 9.59 Å². The minimum atomic E-state index is -0.195. The lowest BCUT2D eigenvalue weighted by Crippen LogP contribution is -2.42. The van der Waals surface area contributed by atoms with Crippen LogP contribution in [0.15, 0.2) is 67.6 Å². The second kappa shape index (κ2) is 8.42. The topological polar surface area (TPSA) is 93.0 Å². The van der Waals surface area contributed by atoms with Gasteiger partial charge in [0.2, 0.25) is 11.9 Å². The van der Waals surface area contributed by atoms with Gasteiger partial charge in [0.15, 0.2) is 0 Å². The molecule has 9 heteroatoms. The molecular formula is C26H24N6O2S. The molecule has 2 aliphatic rings. The molecular weight excluding hydrogens is 460 g/mol. The maximum absolute atomic E-state index is 13.2. The van der Waals surface area contributed by atoms with E-state index in [2.05, 4.69) is 26.4 Å². The van der Waals surface area contributed by atoms with Crippen LogP contribution in [0, 0.1) is 5.41 Å². The van der Waals surface area contributed by atoms with Gasteiger partial charge in [-0.05, 0) is 55.0 Å². The maximum Gasteiger partial charge on any atom is 0.268 e. The number of benzene rings is 1. The monoisotopic (exact) mass is 484 g/mol. The van der Waals surface area contributed by atoms with Crippen molar-refractivity contribution in [2.75, 3.05) is 18.4 Å². The second-order valence-electron chi connectivity index (χ2n) is 9.28. The first kappa shape index (κ1) is 21.7. The first-order valence-corrected chi connectivity index (χ1v) is 12.4. The van der Waals surface area contributed by atoms with Crippen LogP contribution in [0.25, 0.3) is 21.6 Å². The van der Waals surface area contributed by atoms with Gasteiger partial charge in [0.25, 0.3) is 5.91 Å². The smallest absolute Gasteiger partial charge is 0.268 e. The number of hydrogen-bond acceptors (Lipinski definition) is 6. The maximum atomic E-state index is 13.2. The Balaban J connectivity index is 1.24. The predicted octanol–water partition coefficient (Wildman–Crippen LogP) is 4.55. The Kier molecular flexibility index (Phi) is 5.21. The van der Waals surface area contributed by atoms with Crippen molar-refractivity contribution in [1.29, 1.82) is 0 Å². The van der Waals surface area contributed by atoms with Crippen molar-refractivity contribution in [1.82, 2.24) is 24.4 Å². The number of aromatic nitrogens is 4. The highest BCUT2D eigenvalue weighted by Gasteiger charge is 2.50. The van der Waals surface area contributed by atoms with Gasteiger partial charge >= 0.3 is 0 Å². The van der Waals surface area contributed by atoms with Crippen LogP contribution in [0.2, 0.25) is 0 Å². The minimum Gasteiger partial charge on any atom is -0.339 e. The summed E-state index contributed by atoms with van der Waals surface area (Å²) >= 11 is 1.38. The number of nitrogens with one attached hydrogen (secondary N) is 1. The van der Waals surface area contributed by atoms with Gasteiger partial charge in [-0.1, -0.05) is 18.7 Å². The molecule has 6 rings (SSSR count). The van der Waals surface area contributed by atoms with Crippen LogP contribution in [-0.2, 0) is 4.79 Å². The first-order chi connectivity index (χ1) is 17.0. The van der Waals surface area contributed by atoms with Gasteiger partial charge in [-0.15, -0.1) is 11.3 Å². The lowest BCUT2D eigenvalue weighted by molar-refractivity contribution is -0.125. The highest BCUT2D eigenvalue weighted by atomic mass is 32.1. The Bertz CT molecular complexity index is 1440. The number of para-hydroxylation sites is 2. The average Bonchev–Trinajstić information content (AvgIpc) is 3.60. The molecule has 1 saturated carbocycles. The molecule has 8 nitrogen and oxygen atoms in total. The van der Waals surface area contributed by atoms with E-state index in [4.69, 9.17) is 4.98 Å². The van der Waals surface area contributed by atoms with E-state index in [9.17, 15) is 9.59 Å². The molecule has 0 atom stereocenters. The molecule has 0 bridgehead atoms. The second-order valence-corrected chi connectivity index (χ2v) is 10.4. The Morgan fingerprint density at radius 3 is 2.83 bits per heavy atom. The highest BCUT2D eigenvalue weighted by molar-refractivity contribution is 7.17. The first-order valence-electron chi connectivity index (χ1n) is 11.6. The number of carbonyl (C=O) groups excluding carboxylic acids is 2. The minimum absolute atomic E-state index is 0.00293. The molecule has 1 spiro atoms. The summed E-state index contributed by atoms with van der Waals surface area (Å²) in [6.45, 7) is 5.16. The zero-order chi connectivity index (χ0) is 24.0. The van der Waals surface area contributed by atoms with E-state index < -0.39 is 0 Å². The van der Waals surface area contributed by atoms with Crippen LogP contribution < -0.4 is 5.32 Å². The summed E-state index contributed by atoms with van der Waals surface area (Å²) in [6, 6.07) is 11.9. The van der Waals surface area contributed by atoms with E-state index in [1.165, 1.54) is 17.4 Å². The predicted molar refractivity (Wildman–Crippen MR) is 135 cm³/mol. The van der Waals surface area contributed by atoms with Crippen LogP contribution in [0.5, 0.6) is 0 Å². The van der Waals surface area contributed by atoms with Crippen LogP contribution in [-0.4, -0.2) is 49.3 Å². The SMILES string of the molecule is C=CC(=O)N1CC[C@]2(C1)C[C@H](n1c(NC(=O)c3ccc(-c4cnccn4)s3)nc3ccccc31)C2. The molecule has 1 N–H and O–H groups in total. The molecule has 0 unspecified atom stereocenters. The van der Waals surface area contributed by atoms with Crippen molar-refractivity contribution in [2.24, 2.45) is 5.41 Å². The summed E-state index contributed by atoms with van der Waals surface area (Å²) in [5, 5.41) is 3.05. The molecule has 0 radical (unpaired) electrons. The number of likely N-dealkylation sites (tertiary alicyclic amines) is 1. The van der Waals surface area contributed by atoms with Gasteiger partial charge in [0, 0.05) is 31.5 Å². The molecule has 1 saturated heterocycles. The lowest BCUT2D eigenvalue weighted by atomic mass is 9.65. The number of imidazole rings is 1. The van der Waals surface area contributed by atoms with Gasteiger partial charge in [0.05, 0.1) is 32.7 Å². The Morgan fingerprint density at radius 2 is 2.03 bits per heavy atom. The molecule has 35 heavy (non-hydrogen) atoms. The molecule has 2 fully saturated rings. The van der Waals surface area contributed by atoms with Gasteiger partial charge in [-0.2, -0.15) is 0 Å². The number of hydrogen-bond donors (Lipinski definition) is 1. The van der Waals surface area contributed by atoms with Crippen LogP contribution in [0.3, 0.4) is 0 Å². The molecule has 3 aromatic heterocycles. The van der Waals surface area contributed by atoms with E-state index in [1.54, 1.807) is 24.7 Å². The Morgan fingerprint density at radius 1 is 1.17 bits per heavy atom. The van der Waals surface area contributed by atoms with Gasteiger partial charge in [0.1, 0.15) is 0 Å². The summed E-state index contributed by atoms with van der Waals surface area (Å²) in [4.78, 5) is 41.8. The zero-order valence-corrected chi connectivity index (χ0v) is 19.9. The number of nitrogens with zero attached hydrogens (tertiary/aromatic N) is 5.